The highest BCUT2D eigenvalue weighted by Gasteiger charge is 2.34. The summed E-state index contributed by atoms with van der Waals surface area (Å²) in [6, 6.07) is 1.44. The van der Waals surface area contributed by atoms with Crippen LogP contribution in [-0.2, 0) is 4.74 Å². The van der Waals surface area contributed by atoms with Gasteiger partial charge in [-0.25, -0.2) is 0 Å². The lowest BCUT2D eigenvalue weighted by Crippen LogP contribution is -2.60. The van der Waals surface area contributed by atoms with Gasteiger partial charge in [0.1, 0.15) is 0 Å². The smallest absolute Gasteiger partial charge is 0.0474 e. The van der Waals surface area contributed by atoms with Crippen molar-refractivity contribution in [2.45, 2.75) is 70.9 Å². The van der Waals surface area contributed by atoms with Crippen molar-refractivity contribution in [2.75, 3.05) is 33.4 Å². The summed E-state index contributed by atoms with van der Waals surface area (Å²) >= 11 is 0. The van der Waals surface area contributed by atoms with E-state index in [0.717, 1.165) is 24.5 Å². The van der Waals surface area contributed by atoms with Crippen molar-refractivity contribution in [2.24, 2.45) is 11.8 Å². The SMILES string of the molecule is CCC(C)C1CN(CCCOC)C(C2CCCCC2)CN1. The molecule has 0 spiro atoms. The van der Waals surface area contributed by atoms with Crippen LogP contribution in [-0.4, -0.2) is 50.3 Å². The van der Waals surface area contributed by atoms with E-state index >= 15 is 0 Å². The van der Waals surface area contributed by atoms with Crippen LogP contribution in [0.25, 0.3) is 0 Å². The maximum absolute atomic E-state index is 5.27. The summed E-state index contributed by atoms with van der Waals surface area (Å²) < 4.78 is 5.27. The summed E-state index contributed by atoms with van der Waals surface area (Å²) in [4.78, 5) is 2.79. The molecule has 1 saturated heterocycles. The summed E-state index contributed by atoms with van der Waals surface area (Å²) in [5.41, 5.74) is 0. The molecule has 2 rings (SSSR count). The second kappa shape index (κ2) is 9.12. The second-order valence-corrected chi connectivity index (χ2v) is 7.21. The standard InChI is InChI=1S/C18H36N2O/c1-4-15(2)17-14-20(11-8-12-21-3)18(13-19-17)16-9-6-5-7-10-16/h15-19H,4-14H2,1-3H3. The lowest BCUT2D eigenvalue weighted by molar-refractivity contribution is 0.0515. The Bertz CT molecular complexity index is 278. The van der Waals surface area contributed by atoms with E-state index in [0.29, 0.717) is 6.04 Å². The molecule has 0 radical (unpaired) electrons. The summed E-state index contributed by atoms with van der Waals surface area (Å²) in [5.74, 6) is 1.70. The zero-order valence-electron chi connectivity index (χ0n) is 14.4. The molecular weight excluding hydrogens is 260 g/mol. The van der Waals surface area contributed by atoms with E-state index in [1.807, 2.05) is 7.11 Å². The van der Waals surface area contributed by atoms with Crippen molar-refractivity contribution in [3.05, 3.63) is 0 Å². The zero-order valence-corrected chi connectivity index (χ0v) is 14.4. The van der Waals surface area contributed by atoms with Crippen LogP contribution in [0.3, 0.4) is 0 Å². The number of piperazine rings is 1. The quantitative estimate of drug-likeness (QED) is 0.730. The third-order valence-corrected chi connectivity index (χ3v) is 5.81. The molecule has 2 fully saturated rings. The van der Waals surface area contributed by atoms with Crippen molar-refractivity contribution in [3.8, 4) is 0 Å². The molecule has 1 saturated carbocycles. The van der Waals surface area contributed by atoms with Gasteiger partial charge in [0.05, 0.1) is 0 Å². The molecule has 3 nitrogen and oxygen atoms in total. The predicted molar refractivity (Wildman–Crippen MR) is 89.7 cm³/mol. The van der Waals surface area contributed by atoms with Crippen LogP contribution >= 0.6 is 0 Å². The number of methoxy groups -OCH3 is 1. The molecule has 1 N–H and O–H groups in total. The Hall–Kier alpha value is -0.120. The van der Waals surface area contributed by atoms with Gasteiger partial charge < -0.3 is 10.1 Å². The van der Waals surface area contributed by atoms with Crippen molar-refractivity contribution in [1.29, 1.82) is 0 Å². The maximum Gasteiger partial charge on any atom is 0.0474 e. The largest absolute Gasteiger partial charge is 0.385 e. The van der Waals surface area contributed by atoms with E-state index in [1.165, 1.54) is 64.6 Å². The third kappa shape index (κ3) is 4.94. The molecule has 0 aromatic carbocycles. The van der Waals surface area contributed by atoms with Gasteiger partial charge in [0.15, 0.2) is 0 Å². The van der Waals surface area contributed by atoms with Crippen molar-refractivity contribution >= 4 is 0 Å². The second-order valence-electron chi connectivity index (χ2n) is 7.21. The van der Waals surface area contributed by atoms with Crippen molar-refractivity contribution in [1.82, 2.24) is 10.2 Å². The molecule has 0 amide bonds. The van der Waals surface area contributed by atoms with E-state index in [2.05, 4.69) is 24.1 Å². The van der Waals surface area contributed by atoms with Gasteiger partial charge in [0.25, 0.3) is 0 Å². The molecule has 1 aliphatic carbocycles. The third-order valence-electron chi connectivity index (χ3n) is 5.81. The number of ether oxygens (including phenoxy) is 1. The molecule has 2 aliphatic rings. The first kappa shape index (κ1) is 17.2. The van der Waals surface area contributed by atoms with E-state index < -0.39 is 0 Å². The monoisotopic (exact) mass is 296 g/mol. The Morgan fingerprint density at radius 2 is 2.00 bits per heavy atom. The van der Waals surface area contributed by atoms with E-state index in [-0.39, 0.29) is 0 Å². The molecule has 0 aromatic heterocycles. The number of hydrogen-bond donors (Lipinski definition) is 1. The fourth-order valence-electron chi connectivity index (χ4n) is 4.17. The Kier molecular flexibility index (Phi) is 7.48. The van der Waals surface area contributed by atoms with Gasteiger partial charge in [-0.2, -0.15) is 0 Å². The van der Waals surface area contributed by atoms with Gasteiger partial charge in [-0.05, 0) is 31.1 Å². The summed E-state index contributed by atoms with van der Waals surface area (Å²) in [6.45, 7) is 9.26. The maximum atomic E-state index is 5.27. The van der Waals surface area contributed by atoms with E-state index in [4.69, 9.17) is 4.74 Å². The molecule has 1 aliphatic heterocycles. The lowest BCUT2D eigenvalue weighted by Gasteiger charge is -2.46. The van der Waals surface area contributed by atoms with Crippen LogP contribution in [0.5, 0.6) is 0 Å². The average molecular weight is 296 g/mol. The number of nitrogens with one attached hydrogen (secondary N) is 1. The molecular formula is C18H36N2O. The zero-order chi connectivity index (χ0) is 15.1. The van der Waals surface area contributed by atoms with Crippen LogP contribution in [0.4, 0.5) is 0 Å². The predicted octanol–water partition coefficient (Wildman–Crippen LogP) is 3.29. The molecule has 3 atom stereocenters. The van der Waals surface area contributed by atoms with Gasteiger partial charge in [-0.3, -0.25) is 4.90 Å². The minimum absolute atomic E-state index is 0.678. The Balaban J connectivity index is 1.93. The van der Waals surface area contributed by atoms with E-state index in [1.54, 1.807) is 0 Å². The van der Waals surface area contributed by atoms with Crippen LogP contribution in [0.2, 0.25) is 0 Å². The lowest BCUT2D eigenvalue weighted by atomic mass is 9.81. The van der Waals surface area contributed by atoms with Gasteiger partial charge in [-0.1, -0.05) is 39.5 Å². The average Bonchev–Trinajstić information content (AvgIpc) is 2.55. The molecule has 124 valence electrons. The Morgan fingerprint density at radius 3 is 2.67 bits per heavy atom. The molecule has 3 unspecified atom stereocenters. The number of rotatable bonds is 7. The summed E-state index contributed by atoms with van der Waals surface area (Å²) in [5, 5.41) is 3.86. The van der Waals surface area contributed by atoms with Crippen LogP contribution in [0.15, 0.2) is 0 Å². The topological polar surface area (TPSA) is 24.5 Å². The van der Waals surface area contributed by atoms with Gasteiger partial charge >= 0.3 is 0 Å². The first-order valence-corrected chi connectivity index (χ1v) is 9.22. The number of hydrogen-bond acceptors (Lipinski definition) is 3. The van der Waals surface area contributed by atoms with Crippen LogP contribution in [0.1, 0.15) is 58.8 Å². The fraction of sp³-hybridized carbons (Fsp3) is 1.00. The van der Waals surface area contributed by atoms with E-state index in [9.17, 15) is 0 Å². The highest BCUT2D eigenvalue weighted by atomic mass is 16.5. The Morgan fingerprint density at radius 1 is 1.24 bits per heavy atom. The first-order chi connectivity index (χ1) is 10.3. The molecule has 3 heteroatoms. The van der Waals surface area contributed by atoms with Gasteiger partial charge in [-0.15, -0.1) is 0 Å². The van der Waals surface area contributed by atoms with Crippen LogP contribution < -0.4 is 5.32 Å². The molecule has 21 heavy (non-hydrogen) atoms. The molecule has 0 bridgehead atoms. The van der Waals surface area contributed by atoms with Gasteiger partial charge in [0.2, 0.25) is 0 Å². The summed E-state index contributed by atoms with van der Waals surface area (Å²) in [7, 11) is 1.82. The van der Waals surface area contributed by atoms with Crippen LogP contribution in [0, 0.1) is 11.8 Å². The fourth-order valence-corrected chi connectivity index (χ4v) is 4.17. The Labute approximate surface area is 131 Å². The highest BCUT2D eigenvalue weighted by Crippen LogP contribution is 2.31. The minimum Gasteiger partial charge on any atom is -0.385 e. The van der Waals surface area contributed by atoms with Gasteiger partial charge in [0, 0.05) is 45.4 Å². The minimum atomic E-state index is 0.678. The molecule has 1 heterocycles. The molecule has 0 aromatic rings. The highest BCUT2D eigenvalue weighted by molar-refractivity contribution is 4.92. The first-order valence-electron chi connectivity index (χ1n) is 9.22. The van der Waals surface area contributed by atoms with Crippen molar-refractivity contribution < 1.29 is 4.74 Å². The summed E-state index contributed by atoms with van der Waals surface area (Å²) in [6.07, 6.45) is 9.69. The van der Waals surface area contributed by atoms with Crippen molar-refractivity contribution in [3.63, 3.8) is 0 Å². The normalized spacial score (nSPS) is 30.4. The number of nitrogens with zero attached hydrogens (tertiary/aromatic N) is 1.